The van der Waals surface area contributed by atoms with Crippen LogP contribution in [0.15, 0.2) is 42.5 Å². The zero-order chi connectivity index (χ0) is 16.9. The zero-order valence-corrected chi connectivity index (χ0v) is 13.4. The third kappa shape index (κ3) is 2.04. The van der Waals surface area contributed by atoms with Gasteiger partial charge in [-0.25, -0.2) is 9.18 Å². The first-order valence-corrected chi connectivity index (χ1v) is 8.06. The summed E-state index contributed by atoms with van der Waals surface area (Å²) >= 11 is 6.03. The Kier molecular flexibility index (Phi) is 3.35. The van der Waals surface area contributed by atoms with Crippen LogP contribution >= 0.6 is 11.6 Å². The predicted molar refractivity (Wildman–Crippen MR) is 86.9 cm³/mol. The first-order valence-electron chi connectivity index (χ1n) is 7.68. The van der Waals surface area contributed by atoms with Gasteiger partial charge in [0.1, 0.15) is 11.4 Å². The maximum absolute atomic E-state index is 14.0. The summed E-state index contributed by atoms with van der Waals surface area (Å²) in [6, 6.07) is 11.4. The number of carbonyl (C=O) groups is 2. The highest BCUT2D eigenvalue weighted by Gasteiger charge is 2.55. The van der Waals surface area contributed by atoms with Gasteiger partial charge < -0.3 is 5.32 Å². The average molecular weight is 345 g/mol. The third-order valence-electron chi connectivity index (χ3n) is 4.80. The van der Waals surface area contributed by atoms with Crippen LogP contribution in [0.3, 0.4) is 0 Å². The number of nitrogens with one attached hydrogen (secondary N) is 1. The monoisotopic (exact) mass is 344 g/mol. The van der Waals surface area contributed by atoms with Gasteiger partial charge in [0, 0.05) is 10.6 Å². The lowest BCUT2D eigenvalue weighted by atomic mass is 9.92. The number of rotatable bonds is 2. The fourth-order valence-electron chi connectivity index (χ4n) is 3.57. The van der Waals surface area contributed by atoms with E-state index < -0.39 is 17.4 Å². The molecule has 6 heteroatoms. The Labute approximate surface area is 143 Å². The molecule has 1 fully saturated rings. The molecule has 1 N–H and O–H groups in total. The molecule has 1 aliphatic heterocycles. The molecule has 0 radical (unpaired) electrons. The number of amides is 3. The van der Waals surface area contributed by atoms with E-state index >= 15 is 0 Å². The molecule has 2 aromatic rings. The molecule has 2 aliphatic rings. The van der Waals surface area contributed by atoms with Crippen molar-refractivity contribution in [1.82, 2.24) is 10.2 Å². The van der Waals surface area contributed by atoms with Gasteiger partial charge in [-0.1, -0.05) is 41.9 Å². The quantitative estimate of drug-likeness (QED) is 0.849. The van der Waals surface area contributed by atoms with Crippen molar-refractivity contribution in [3.63, 3.8) is 0 Å². The fourth-order valence-corrected chi connectivity index (χ4v) is 3.80. The van der Waals surface area contributed by atoms with Gasteiger partial charge in [0.25, 0.3) is 5.91 Å². The molecular formula is C18H14ClFN2O2. The predicted octanol–water partition coefficient (Wildman–Crippen LogP) is 3.37. The van der Waals surface area contributed by atoms with Crippen LogP contribution in [-0.4, -0.2) is 16.8 Å². The molecule has 0 bridgehead atoms. The number of nitrogens with zero attached hydrogens (tertiary/aromatic N) is 1. The van der Waals surface area contributed by atoms with E-state index in [0.29, 0.717) is 6.42 Å². The number of hydrogen-bond acceptors (Lipinski definition) is 2. The highest BCUT2D eigenvalue weighted by Crippen LogP contribution is 2.41. The number of fused-ring (bicyclic) bond motifs is 2. The normalized spacial score (nSPS) is 22.2. The van der Waals surface area contributed by atoms with E-state index in [9.17, 15) is 14.0 Å². The Morgan fingerprint density at radius 1 is 1.17 bits per heavy atom. The van der Waals surface area contributed by atoms with E-state index in [1.807, 2.05) is 24.3 Å². The first-order chi connectivity index (χ1) is 11.5. The second kappa shape index (κ2) is 5.31. The van der Waals surface area contributed by atoms with Crippen LogP contribution in [0.1, 0.15) is 23.1 Å². The number of carbonyl (C=O) groups excluding carboxylic acids is 2. The largest absolute Gasteiger partial charge is 0.325 e. The van der Waals surface area contributed by atoms with E-state index in [2.05, 4.69) is 5.32 Å². The number of imide groups is 1. The number of hydrogen-bond donors (Lipinski definition) is 1. The molecule has 24 heavy (non-hydrogen) atoms. The van der Waals surface area contributed by atoms with Crippen LogP contribution in [0.2, 0.25) is 5.02 Å². The smallest absolute Gasteiger partial charge is 0.319 e. The van der Waals surface area contributed by atoms with E-state index in [1.165, 1.54) is 12.1 Å². The highest BCUT2D eigenvalue weighted by atomic mass is 35.5. The summed E-state index contributed by atoms with van der Waals surface area (Å²) in [6.45, 7) is -0.180. The molecule has 1 heterocycles. The maximum atomic E-state index is 14.0. The standard InChI is InChI=1S/C18H14ClFN2O2/c19-14-6-3-7-15(20)12(14)10-22-16(23)18(21-17(22)24)9-8-11-4-1-2-5-13(11)18/h1-7H,8-10H2,(H,21,24)/t18-/m1/s1. The number of aryl methyl sites for hydroxylation is 1. The Morgan fingerprint density at radius 3 is 2.75 bits per heavy atom. The van der Waals surface area contributed by atoms with Gasteiger partial charge >= 0.3 is 6.03 Å². The van der Waals surface area contributed by atoms with Crippen LogP contribution in [0.4, 0.5) is 9.18 Å². The SMILES string of the molecule is O=C1N[C@@]2(CCc3ccccc32)C(=O)N1Cc1c(F)cccc1Cl. The van der Waals surface area contributed by atoms with Crippen LogP contribution in [-0.2, 0) is 23.3 Å². The molecule has 122 valence electrons. The molecule has 3 amide bonds. The summed E-state index contributed by atoms with van der Waals surface area (Å²) in [5.41, 5.74) is 0.985. The molecule has 1 aliphatic carbocycles. The van der Waals surface area contributed by atoms with Gasteiger partial charge in [0.2, 0.25) is 0 Å². The van der Waals surface area contributed by atoms with Crippen molar-refractivity contribution in [2.75, 3.05) is 0 Å². The number of urea groups is 1. The van der Waals surface area contributed by atoms with E-state index in [1.54, 1.807) is 6.07 Å². The van der Waals surface area contributed by atoms with Crippen LogP contribution in [0.25, 0.3) is 0 Å². The van der Waals surface area contributed by atoms with Gasteiger partial charge in [-0.2, -0.15) is 0 Å². The number of benzene rings is 2. The van der Waals surface area contributed by atoms with E-state index in [0.717, 1.165) is 22.4 Å². The maximum Gasteiger partial charge on any atom is 0.325 e. The molecule has 2 aromatic carbocycles. The van der Waals surface area contributed by atoms with Gasteiger partial charge in [-0.15, -0.1) is 0 Å². The van der Waals surface area contributed by atoms with E-state index in [-0.39, 0.29) is 23.0 Å². The highest BCUT2D eigenvalue weighted by molar-refractivity contribution is 6.31. The Hall–Kier alpha value is -2.40. The van der Waals surface area contributed by atoms with Gasteiger partial charge in [-0.3, -0.25) is 9.69 Å². The minimum Gasteiger partial charge on any atom is -0.319 e. The lowest BCUT2D eigenvalue weighted by Gasteiger charge is -2.22. The Bertz CT molecular complexity index is 850. The topological polar surface area (TPSA) is 49.4 Å². The van der Waals surface area contributed by atoms with Crippen molar-refractivity contribution in [2.24, 2.45) is 0 Å². The van der Waals surface area contributed by atoms with Gasteiger partial charge in [0.15, 0.2) is 0 Å². The lowest BCUT2D eigenvalue weighted by molar-refractivity contribution is -0.132. The summed E-state index contributed by atoms with van der Waals surface area (Å²) in [7, 11) is 0. The molecule has 1 spiro atoms. The molecule has 4 rings (SSSR count). The lowest BCUT2D eigenvalue weighted by Crippen LogP contribution is -2.41. The van der Waals surface area contributed by atoms with Crippen molar-refractivity contribution < 1.29 is 14.0 Å². The van der Waals surface area contributed by atoms with Crippen molar-refractivity contribution in [2.45, 2.75) is 24.9 Å². The van der Waals surface area contributed by atoms with Crippen LogP contribution in [0.5, 0.6) is 0 Å². The summed E-state index contributed by atoms with van der Waals surface area (Å²) in [5.74, 6) is -0.882. The summed E-state index contributed by atoms with van der Waals surface area (Å²) in [5, 5.41) is 3.01. The van der Waals surface area contributed by atoms with Crippen LogP contribution < -0.4 is 5.32 Å². The zero-order valence-electron chi connectivity index (χ0n) is 12.7. The second-order valence-electron chi connectivity index (χ2n) is 6.08. The van der Waals surface area contributed by atoms with Gasteiger partial charge in [0.05, 0.1) is 6.54 Å². The van der Waals surface area contributed by atoms with E-state index in [4.69, 9.17) is 11.6 Å². The Balaban J connectivity index is 1.71. The molecule has 0 saturated carbocycles. The molecule has 4 nitrogen and oxygen atoms in total. The second-order valence-corrected chi connectivity index (χ2v) is 6.49. The third-order valence-corrected chi connectivity index (χ3v) is 5.15. The molecular weight excluding hydrogens is 331 g/mol. The molecule has 0 aromatic heterocycles. The molecule has 0 unspecified atom stereocenters. The van der Waals surface area contributed by atoms with Crippen molar-refractivity contribution >= 4 is 23.5 Å². The minimum atomic E-state index is -1.04. The Morgan fingerprint density at radius 2 is 1.96 bits per heavy atom. The van der Waals surface area contributed by atoms with Crippen LogP contribution in [0, 0.1) is 5.82 Å². The van der Waals surface area contributed by atoms with Crippen molar-refractivity contribution in [3.05, 3.63) is 70.0 Å². The average Bonchev–Trinajstić information content (AvgIpc) is 3.04. The molecule has 1 atom stereocenters. The van der Waals surface area contributed by atoms with Crippen molar-refractivity contribution in [1.29, 1.82) is 0 Å². The molecule has 1 saturated heterocycles. The fraction of sp³-hybridized carbons (Fsp3) is 0.222. The number of halogens is 2. The first kappa shape index (κ1) is 15.1. The summed E-state index contributed by atoms with van der Waals surface area (Å²) < 4.78 is 14.0. The minimum absolute atomic E-state index is 0.144. The van der Waals surface area contributed by atoms with Crippen molar-refractivity contribution in [3.8, 4) is 0 Å². The van der Waals surface area contributed by atoms with Gasteiger partial charge in [-0.05, 0) is 36.1 Å². The summed E-state index contributed by atoms with van der Waals surface area (Å²) in [4.78, 5) is 26.5. The summed E-state index contributed by atoms with van der Waals surface area (Å²) in [6.07, 6.45) is 1.23.